The number of carbonyl (C=O) groups excluding carboxylic acids is 1. The molecule has 1 N–H and O–H groups in total. The summed E-state index contributed by atoms with van der Waals surface area (Å²) in [5.74, 6) is -1.41. The smallest absolute Gasteiger partial charge is 0.309 e. The maximum Gasteiger partial charge on any atom is 0.309 e. The zero-order chi connectivity index (χ0) is 11.5. The number of ether oxygens (including phenoxy) is 1. The van der Waals surface area contributed by atoms with Gasteiger partial charge >= 0.3 is 11.9 Å². The van der Waals surface area contributed by atoms with Crippen LogP contribution in [0.15, 0.2) is 0 Å². The number of carboxylic acid groups (broad SMARTS) is 1. The van der Waals surface area contributed by atoms with Crippen molar-refractivity contribution in [1.29, 1.82) is 0 Å². The Balaban J connectivity index is 2.67. The molecular weight excluding hydrogens is 196 g/mol. The summed E-state index contributed by atoms with van der Waals surface area (Å²) in [5, 5.41) is 9.22. The van der Waals surface area contributed by atoms with Crippen LogP contribution >= 0.6 is 0 Å². The van der Waals surface area contributed by atoms with Crippen LogP contribution in [0.5, 0.6) is 0 Å². The van der Waals surface area contributed by atoms with Crippen molar-refractivity contribution in [2.45, 2.75) is 39.0 Å². The van der Waals surface area contributed by atoms with Crippen molar-refractivity contribution in [3.8, 4) is 0 Å². The molecule has 0 spiro atoms. The van der Waals surface area contributed by atoms with Crippen molar-refractivity contribution in [2.75, 3.05) is 7.11 Å². The number of aliphatic carboxylic acids is 1. The predicted octanol–water partition coefficient (Wildman–Crippen LogP) is 1.83. The highest BCUT2D eigenvalue weighted by atomic mass is 16.5. The third kappa shape index (κ3) is 2.49. The number of esters is 1. The van der Waals surface area contributed by atoms with E-state index in [1.54, 1.807) is 6.92 Å². The highest BCUT2D eigenvalue weighted by molar-refractivity contribution is 5.77. The Morgan fingerprint density at radius 1 is 1.40 bits per heavy atom. The van der Waals surface area contributed by atoms with Crippen molar-refractivity contribution in [3.05, 3.63) is 0 Å². The molecule has 86 valence electrons. The zero-order valence-electron chi connectivity index (χ0n) is 9.28. The monoisotopic (exact) mass is 214 g/mol. The summed E-state index contributed by atoms with van der Waals surface area (Å²) in [6, 6.07) is 0. The van der Waals surface area contributed by atoms with Gasteiger partial charge in [-0.05, 0) is 19.3 Å². The fraction of sp³-hybridized carbons (Fsp3) is 0.818. The molecule has 0 radical (unpaired) electrons. The van der Waals surface area contributed by atoms with Gasteiger partial charge in [0, 0.05) is 0 Å². The Bertz CT molecular complexity index is 253. The van der Waals surface area contributed by atoms with E-state index < -0.39 is 11.4 Å². The van der Waals surface area contributed by atoms with Gasteiger partial charge in [0.2, 0.25) is 0 Å². The largest absolute Gasteiger partial charge is 0.481 e. The second-order valence-electron chi connectivity index (χ2n) is 4.42. The van der Waals surface area contributed by atoms with E-state index in [1.165, 1.54) is 7.11 Å². The molecule has 1 unspecified atom stereocenters. The lowest BCUT2D eigenvalue weighted by Crippen LogP contribution is -2.32. The molecule has 0 saturated heterocycles. The Morgan fingerprint density at radius 3 is 2.33 bits per heavy atom. The first-order chi connectivity index (χ1) is 7.02. The Hall–Kier alpha value is -1.06. The number of methoxy groups -OCH3 is 1. The van der Waals surface area contributed by atoms with Crippen molar-refractivity contribution < 1.29 is 19.4 Å². The molecule has 0 bridgehead atoms. The first-order valence-corrected chi connectivity index (χ1v) is 5.33. The van der Waals surface area contributed by atoms with Crippen molar-refractivity contribution in [3.63, 3.8) is 0 Å². The summed E-state index contributed by atoms with van der Waals surface area (Å²) in [5.41, 5.74) is -0.687. The topological polar surface area (TPSA) is 63.6 Å². The number of hydrogen-bond acceptors (Lipinski definition) is 3. The van der Waals surface area contributed by atoms with E-state index in [1.807, 2.05) is 0 Å². The van der Waals surface area contributed by atoms with E-state index in [9.17, 15) is 14.7 Å². The molecule has 0 amide bonds. The van der Waals surface area contributed by atoms with Gasteiger partial charge in [-0.1, -0.05) is 19.8 Å². The highest BCUT2D eigenvalue weighted by Gasteiger charge is 2.43. The summed E-state index contributed by atoms with van der Waals surface area (Å²) >= 11 is 0. The SMILES string of the molecule is COC(=O)C(C)CC1(C(=O)O)CCCC1. The molecule has 0 heterocycles. The minimum absolute atomic E-state index is 0.317. The van der Waals surface area contributed by atoms with E-state index in [0.29, 0.717) is 19.3 Å². The van der Waals surface area contributed by atoms with Crippen LogP contribution in [0.2, 0.25) is 0 Å². The fourth-order valence-electron chi connectivity index (χ4n) is 2.43. The summed E-state index contributed by atoms with van der Waals surface area (Å²) < 4.78 is 4.62. The molecule has 1 fully saturated rings. The molecule has 1 aliphatic rings. The van der Waals surface area contributed by atoms with Crippen molar-refractivity contribution >= 4 is 11.9 Å². The Kier molecular flexibility index (Phi) is 3.72. The number of carboxylic acids is 1. The third-order valence-corrected chi connectivity index (χ3v) is 3.31. The van der Waals surface area contributed by atoms with E-state index in [0.717, 1.165) is 12.8 Å². The van der Waals surface area contributed by atoms with Crippen LogP contribution in [-0.4, -0.2) is 24.2 Å². The normalized spacial score (nSPS) is 20.9. The maximum atomic E-state index is 11.2. The molecule has 4 heteroatoms. The molecule has 0 aromatic rings. The second-order valence-corrected chi connectivity index (χ2v) is 4.42. The molecule has 0 aliphatic heterocycles. The van der Waals surface area contributed by atoms with Gasteiger partial charge in [-0.25, -0.2) is 0 Å². The van der Waals surface area contributed by atoms with Crippen molar-refractivity contribution in [2.24, 2.45) is 11.3 Å². The van der Waals surface area contributed by atoms with Crippen molar-refractivity contribution in [1.82, 2.24) is 0 Å². The van der Waals surface area contributed by atoms with Gasteiger partial charge in [-0.3, -0.25) is 9.59 Å². The van der Waals surface area contributed by atoms with Crippen LogP contribution in [0, 0.1) is 11.3 Å². The first-order valence-electron chi connectivity index (χ1n) is 5.33. The third-order valence-electron chi connectivity index (χ3n) is 3.31. The quantitative estimate of drug-likeness (QED) is 0.725. The number of hydrogen-bond donors (Lipinski definition) is 1. The van der Waals surface area contributed by atoms with Crippen LogP contribution < -0.4 is 0 Å². The zero-order valence-corrected chi connectivity index (χ0v) is 9.28. The van der Waals surface area contributed by atoms with Crippen LogP contribution in [0.1, 0.15) is 39.0 Å². The highest BCUT2D eigenvalue weighted by Crippen LogP contribution is 2.43. The average molecular weight is 214 g/mol. The molecule has 0 aromatic heterocycles. The van der Waals surface area contributed by atoms with Gasteiger partial charge in [0.1, 0.15) is 0 Å². The van der Waals surface area contributed by atoms with Crippen LogP contribution in [0.25, 0.3) is 0 Å². The summed E-state index contributed by atoms with van der Waals surface area (Å²) in [6.45, 7) is 1.73. The van der Waals surface area contributed by atoms with Gasteiger partial charge in [-0.2, -0.15) is 0 Å². The Labute approximate surface area is 89.6 Å². The van der Waals surface area contributed by atoms with Gasteiger partial charge < -0.3 is 9.84 Å². The van der Waals surface area contributed by atoms with E-state index in [4.69, 9.17) is 0 Å². The number of carbonyl (C=O) groups is 2. The average Bonchev–Trinajstić information content (AvgIpc) is 2.66. The first kappa shape index (κ1) is 12.0. The van der Waals surface area contributed by atoms with E-state index >= 15 is 0 Å². The lowest BCUT2D eigenvalue weighted by molar-refractivity contribution is -0.153. The molecule has 15 heavy (non-hydrogen) atoms. The predicted molar refractivity (Wildman–Crippen MR) is 54.3 cm³/mol. The van der Waals surface area contributed by atoms with Gasteiger partial charge in [0.25, 0.3) is 0 Å². The van der Waals surface area contributed by atoms with Crippen LogP contribution in [-0.2, 0) is 14.3 Å². The Morgan fingerprint density at radius 2 is 1.93 bits per heavy atom. The lowest BCUT2D eigenvalue weighted by Gasteiger charge is -2.26. The number of rotatable bonds is 4. The minimum Gasteiger partial charge on any atom is -0.481 e. The summed E-state index contributed by atoms with van der Waals surface area (Å²) in [7, 11) is 1.33. The van der Waals surface area contributed by atoms with Gasteiger partial charge in [0.05, 0.1) is 18.4 Å². The second kappa shape index (κ2) is 4.64. The minimum atomic E-state index is -0.768. The summed E-state index contributed by atoms with van der Waals surface area (Å²) in [4.78, 5) is 22.5. The molecule has 1 atom stereocenters. The van der Waals surface area contributed by atoms with Crippen LogP contribution in [0.3, 0.4) is 0 Å². The lowest BCUT2D eigenvalue weighted by atomic mass is 9.78. The van der Waals surface area contributed by atoms with Crippen LogP contribution in [0.4, 0.5) is 0 Å². The van der Waals surface area contributed by atoms with Gasteiger partial charge in [0.15, 0.2) is 0 Å². The standard InChI is InChI=1S/C11H18O4/c1-8(9(12)15-2)7-11(10(13)14)5-3-4-6-11/h8H,3-7H2,1-2H3,(H,13,14). The molecule has 0 aromatic carbocycles. The maximum absolute atomic E-state index is 11.2. The van der Waals surface area contributed by atoms with E-state index in [-0.39, 0.29) is 11.9 Å². The molecule has 1 saturated carbocycles. The molecule has 1 rings (SSSR count). The van der Waals surface area contributed by atoms with E-state index in [2.05, 4.69) is 4.74 Å². The molecular formula is C11H18O4. The molecule has 4 nitrogen and oxygen atoms in total. The fourth-order valence-corrected chi connectivity index (χ4v) is 2.43. The summed E-state index contributed by atoms with van der Waals surface area (Å²) in [6.07, 6.45) is 3.66. The van der Waals surface area contributed by atoms with Gasteiger partial charge in [-0.15, -0.1) is 0 Å². The molecule has 1 aliphatic carbocycles.